The van der Waals surface area contributed by atoms with Gasteiger partial charge in [0.25, 0.3) is 0 Å². The second-order valence-corrected chi connectivity index (χ2v) is 6.14. The number of piperidine rings is 1. The van der Waals surface area contributed by atoms with Crippen LogP contribution in [0.25, 0.3) is 0 Å². The zero-order valence-corrected chi connectivity index (χ0v) is 12.0. The van der Waals surface area contributed by atoms with Crippen molar-refractivity contribution in [3.63, 3.8) is 0 Å². The molecular formula is C17H21NO2. The number of benzene rings is 1. The molecule has 1 saturated heterocycles. The molecule has 1 aromatic rings. The number of hydrogen-bond acceptors (Lipinski definition) is 2. The van der Waals surface area contributed by atoms with Crippen molar-refractivity contribution < 1.29 is 9.59 Å². The number of carbonyl (C=O) groups excluding carboxylic acids is 2. The number of amides is 2. The number of aryl methyl sites for hydroxylation is 1. The first kappa shape index (κ1) is 13.3. The molecule has 1 aromatic carbocycles. The molecule has 3 heteroatoms. The summed E-state index contributed by atoms with van der Waals surface area (Å²) in [5, 5.41) is 0. The van der Waals surface area contributed by atoms with Crippen molar-refractivity contribution in [2.45, 2.75) is 45.6 Å². The van der Waals surface area contributed by atoms with E-state index in [1.165, 1.54) is 16.9 Å². The van der Waals surface area contributed by atoms with E-state index in [1.807, 2.05) is 31.2 Å². The van der Waals surface area contributed by atoms with Gasteiger partial charge in [-0.2, -0.15) is 0 Å². The fourth-order valence-electron chi connectivity index (χ4n) is 3.18. The molecule has 2 aliphatic rings. The lowest BCUT2D eigenvalue weighted by Crippen LogP contribution is -2.47. The lowest BCUT2D eigenvalue weighted by Gasteiger charge is -2.38. The van der Waals surface area contributed by atoms with Gasteiger partial charge in [-0.05, 0) is 37.7 Å². The van der Waals surface area contributed by atoms with Crippen LogP contribution in [0.4, 0.5) is 0 Å². The lowest BCUT2D eigenvalue weighted by molar-refractivity contribution is -0.155. The summed E-state index contributed by atoms with van der Waals surface area (Å²) in [6.07, 6.45) is 4.83. The molecule has 3 nitrogen and oxygen atoms in total. The van der Waals surface area contributed by atoms with E-state index in [0.717, 1.165) is 24.8 Å². The first-order valence-electron chi connectivity index (χ1n) is 7.55. The Kier molecular flexibility index (Phi) is 3.60. The average molecular weight is 271 g/mol. The minimum absolute atomic E-state index is 0.00820. The Balaban J connectivity index is 1.73. The fraction of sp³-hybridized carbons (Fsp3) is 0.529. The van der Waals surface area contributed by atoms with Gasteiger partial charge < -0.3 is 0 Å². The van der Waals surface area contributed by atoms with Crippen LogP contribution < -0.4 is 0 Å². The minimum Gasteiger partial charge on any atom is -0.278 e. The van der Waals surface area contributed by atoms with E-state index in [1.54, 1.807) is 0 Å². The van der Waals surface area contributed by atoms with Gasteiger partial charge in [0.2, 0.25) is 11.8 Å². The SMILES string of the molecule is Cc1ccc(CN2C(=O)CCC(C3CCC3)C2=O)cc1. The van der Waals surface area contributed by atoms with E-state index in [4.69, 9.17) is 0 Å². The van der Waals surface area contributed by atoms with Gasteiger partial charge in [-0.3, -0.25) is 14.5 Å². The van der Waals surface area contributed by atoms with E-state index >= 15 is 0 Å². The van der Waals surface area contributed by atoms with E-state index in [9.17, 15) is 9.59 Å². The standard InChI is InChI=1S/C17H21NO2/c1-12-5-7-13(8-6-12)11-18-16(19)10-9-15(17(18)20)14-3-2-4-14/h5-8,14-15H,2-4,9-11H2,1H3. The number of rotatable bonds is 3. The number of hydrogen-bond donors (Lipinski definition) is 0. The molecule has 1 unspecified atom stereocenters. The maximum Gasteiger partial charge on any atom is 0.232 e. The molecule has 0 aromatic heterocycles. The third kappa shape index (κ3) is 2.49. The quantitative estimate of drug-likeness (QED) is 0.792. The predicted molar refractivity (Wildman–Crippen MR) is 76.8 cm³/mol. The van der Waals surface area contributed by atoms with E-state index in [-0.39, 0.29) is 17.7 Å². The van der Waals surface area contributed by atoms with Gasteiger partial charge in [0.15, 0.2) is 0 Å². The second-order valence-electron chi connectivity index (χ2n) is 6.14. The minimum atomic E-state index is -0.00820. The van der Waals surface area contributed by atoms with Crippen molar-refractivity contribution in [1.29, 1.82) is 0 Å². The van der Waals surface area contributed by atoms with Crippen LogP contribution in [0.1, 0.15) is 43.2 Å². The van der Waals surface area contributed by atoms with Crippen molar-refractivity contribution >= 4 is 11.8 Å². The molecule has 1 aliphatic heterocycles. The number of nitrogens with zero attached hydrogens (tertiary/aromatic N) is 1. The van der Waals surface area contributed by atoms with Gasteiger partial charge >= 0.3 is 0 Å². The maximum absolute atomic E-state index is 12.5. The zero-order valence-electron chi connectivity index (χ0n) is 12.0. The summed E-state index contributed by atoms with van der Waals surface area (Å²) in [6, 6.07) is 8.06. The number of imide groups is 1. The van der Waals surface area contributed by atoms with Crippen molar-refractivity contribution in [3.8, 4) is 0 Å². The summed E-state index contributed by atoms with van der Waals surface area (Å²) >= 11 is 0. The van der Waals surface area contributed by atoms with Crippen LogP contribution >= 0.6 is 0 Å². The first-order chi connectivity index (χ1) is 9.65. The highest BCUT2D eigenvalue weighted by Crippen LogP contribution is 2.39. The van der Waals surface area contributed by atoms with Crippen molar-refractivity contribution in [1.82, 2.24) is 4.90 Å². The van der Waals surface area contributed by atoms with E-state index < -0.39 is 0 Å². The molecule has 0 bridgehead atoms. The highest BCUT2D eigenvalue weighted by molar-refractivity contribution is 5.98. The summed E-state index contributed by atoms with van der Waals surface area (Å²) in [5.41, 5.74) is 2.23. The largest absolute Gasteiger partial charge is 0.278 e. The molecule has 2 amide bonds. The summed E-state index contributed by atoms with van der Waals surface area (Å²) < 4.78 is 0. The zero-order chi connectivity index (χ0) is 14.1. The Morgan fingerprint density at radius 3 is 2.40 bits per heavy atom. The maximum atomic E-state index is 12.5. The molecule has 1 atom stereocenters. The highest BCUT2D eigenvalue weighted by atomic mass is 16.2. The average Bonchev–Trinajstić information content (AvgIpc) is 2.38. The first-order valence-corrected chi connectivity index (χ1v) is 7.55. The summed E-state index contributed by atoms with van der Waals surface area (Å²) in [7, 11) is 0. The molecule has 1 aliphatic carbocycles. The highest BCUT2D eigenvalue weighted by Gasteiger charge is 2.40. The molecule has 1 heterocycles. The predicted octanol–water partition coefficient (Wildman–Crippen LogP) is 3.06. The van der Waals surface area contributed by atoms with Gasteiger partial charge in [0, 0.05) is 12.3 Å². The third-order valence-corrected chi connectivity index (χ3v) is 4.73. The molecule has 106 valence electrons. The van der Waals surface area contributed by atoms with Crippen LogP contribution in [0.15, 0.2) is 24.3 Å². The van der Waals surface area contributed by atoms with Crippen LogP contribution in [-0.4, -0.2) is 16.7 Å². The Morgan fingerprint density at radius 1 is 1.10 bits per heavy atom. The van der Waals surface area contributed by atoms with Gasteiger partial charge in [-0.25, -0.2) is 0 Å². The van der Waals surface area contributed by atoms with Gasteiger partial charge in [-0.15, -0.1) is 0 Å². The van der Waals surface area contributed by atoms with Gasteiger partial charge in [0.1, 0.15) is 0 Å². The lowest BCUT2D eigenvalue weighted by atomic mass is 9.72. The number of carbonyl (C=O) groups is 2. The van der Waals surface area contributed by atoms with Crippen LogP contribution in [0.2, 0.25) is 0 Å². The van der Waals surface area contributed by atoms with Gasteiger partial charge in [0.05, 0.1) is 6.54 Å². The smallest absolute Gasteiger partial charge is 0.232 e. The van der Waals surface area contributed by atoms with Crippen LogP contribution in [0.3, 0.4) is 0 Å². The van der Waals surface area contributed by atoms with Crippen molar-refractivity contribution in [2.24, 2.45) is 11.8 Å². The monoisotopic (exact) mass is 271 g/mol. The molecule has 0 radical (unpaired) electrons. The van der Waals surface area contributed by atoms with Crippen LogP contribution in [0, 0.1) is 18.8 Å². The van der Waals surface area contributed by atoms with E-state index in [0.29, 0.717) is 18.9 Å². The topological polar surface area (TPSA) is 37.4 Å². The Morgan fingerprint density at radius 2 is 1.80 bits per heavy atom. The van der Waals surface area contributed by atoms with Crippen LogP contribution in [0.5, 0.6) is 0 Å². The molecular weight excluding hydrogens is 250 g/mol. The van der Waals surface area contributed by atoms with Crippen molar-refractivity contribution in [3.05, 3.63) is 35.4 Å². The molecule has 20 heavy (non-hydrogen) atoms. The van der Waals surface area contributed by atoms with Gasteiger partial charge in [-0.1, -0.05) is 36.2 Å². The Bertz CT molecular complexity index is 516. The molecule has 0 N–H and O–H groups in total. The molecule has 3 rings (SSSR count). The Labute approximate surface area is 120 Å². The fourth-order valence-corrected chi connectivity index (χ4v) is 3.18. The van der Waals surface area contributed by atoms with Crippen LogP contribution in [-0.2, 0) is 16.1 Å². The third-order valence-electron chi connectivity index (χ3n) is 4.73. The summed E-state index contributed by atoms with van der Waals surface area (Å²) in [4.78, 5) is 26.1. The molecule has 1 saturated carbocycles. The molecule has 0 spiro atoms. The van der Waals surface area contributed by atoms with E-state index in [2.05, 4.69) is 0 Å². The summed E-state index contributed by atoms with van der Waals surface area (Å²) in [5.74, 6) is 0.667. The number of likely N-dealkylation sites (tertiary alicyclic amines) is 1. The normalized spacial score (nSPS) is 23.9. The van der Waals surface area contributed by atoms with Crippen molar-refractivity contribution in [2.75, 3.05) is 0 Å². The Hall–Kier alpha value is -1.64. The molecule has 2 fully saturated rings. The second kappa shape index (κ2) is 5.39. The summed E-state index contributed by atoms with van der Waals surface area (Å²) in [6.45, 7) is 2.47.